The Morgan fingerprint density at radius 3 is 2.62 bits per heavy atom. The van der Waals surface area contributed by atoms with Crippen LogP contribution in [0.15, 0.2) is 82.5 Å². The Morgan fingerprint density at radius 2 is 1.79 bits per heavy atom. The number of para-hydroxylation sites is 1. The molecule has 1 aromatic heterocycles. The second-order valence-electron chi connectivity index (χ2n) is 6.51. The maximum atomic E-state index is 4.81. The molecule has 29 heavy (non-hydrogen) atoms. The van der Waals surface area contributed by atoms with Crippen LogP contribution in [-0.4, -0.2) is 30.8 Å². The van der Waals surface area contributed by atoms with E-state index in [1.807, 2.05) is 18.5 Å². The van der Waals surface area contributed by atoms with Crippen molar-refractivity contribution < 1.29 is 0 Å². The van der Waals surface area contributed by atoms with Crippen molar-refractivity contribution in [1.82, 2.24) is 4.98 Å². The van der Waals surface area contributed by atoms with Crippen molar-refractivity contribution in [3.8, 4) is 11.1 Å². The Labute approximate surface area is 192 Å². The topological polar surface area (TPSA) is 28.5 Å². The molecule has 150 valence electrons. The molecule has 0 atom stereocenters. The molecule has 0 unspecified atom stereocenters. The molecular formula is C23H22BrCl2N3. The summed E-state index contributed by atoms with van der Waals surface area (Å²) in [5.74, 6) is 0. The van der Waals surface area contributed by atoms with Crippen molar-refractivity contribution in [3.05, 3.63) is 88.7 Å². The number of aliphatic imine (C=N–C) groups is 1. The van der Waals surface area contributed by atoms with Gasteiger partial charge in [-0.15, -0.1) is 24.8 Å². The van der Waals surface area contributed by atoms with Crippen LogP contribution in [0.2, 0.25) is 0 Å². The fourth-order valence-corrected chi connectivity index (χ4v) is 3.72. The van der Waals surface area contributed by atoms with E-state index in [1.165, 1.54) is 11.3 Å². The van der Waals surface area contributed by atoms with Crippen LogP contribution < -0.4 is 4.90 Å². The highest BCUT2D eigenvalue weighted by molar-refractivity contribution is 9.10. The Bertz CT molecular complexity index is 1030. The normalized spacial score (nSPS) is 13.0. The van der Waals surface area contributed by atoms with Crippen LogP contribution in [0.4, 0.5) is 5.69 Å². The zero-order chi connectivity index (χ0) is 18.6. The lowest BCUT2D eigenvalue weighted by Gasteiger charge is -2.18. The van der Waals surface area contributed by atoms with Crippen LogP contribution in [0.3, 0.4) is 0 Å². The highest BCUT2D eigenvalue weighted by atomic mass is 79.9. The van der Waals surface area contributed by atoms with Gasteiger partial charge in [0.1, 0.15) is 0 Å². The van der Waals surface area contributed by atoms with E-state index in [0.717, 1.165) is 40.0 Å². The number of likely N-dealkylation sites (N-methyl/N-ethyl adjacent to an activating group) is 1. The minimum absolute atomic E-state index is 0. The van der Waals surface area contributed by atoms with Crippen LogP contribution in [-0.2, 0) is 0 Å². The van der Waals surface area contributed by atoms with Gasteiger partial charge in [-0.3, -0.25) is 9.98 Å². The second-order valence-corrected chi connectivity index (χ2v) is 7.43. The summed E-state index contributed by atoms with van der Waals surface area (Å²) in [5, 5.41) is 0. The predicted octanol–water partition coefficient (Wildman–Crippen LogP) is 6.31. The molecule has 6 heteroatoms. The molecule has 2 aromatic carbocycles. The van der Waals surface area contributed by atoms with E-state index >= 15 is 0 Å². The molecule has 0 aliphatic carbocycles. The third-order valence-corrected chi connectivity index (χ3v) is 5.21. The number of rotatable bonds is 3. The number of anilines is 1. The number of hydrogen-bond acceptors (Lipinski definition) is 3. The molecule has 0 bridgehead atoms. The number of fused-ring (bicyclic) bond motifs is 1. The number of hydrogen-bond donors (Lipinski definition) is 0. The monoisotopic (exact) mass is 489 g/mol. The van der Waals surface area contributed by atoms with E-state index < -0.39 is 0 Å². The fourth-order valence-electron chi connectivity index (χ4n) is 3.32. The first-order valence-electron chi connectivity index (χ1n) is 8.95. The SMILES string of the molecule is CN1CCN=C(C=Cc2cnccc2-c2cccc(Br)c2)c2ccccc21.Cl.Cl. The summed E-state index contributed by atoms with van der Waals surface area (Å²) < 4.78 is 1.07. The molecule has 0 amide bonds. The van der Waals surface area contributed by atoms with Crippen molar-refractivity contribution in [3.63, 3.8) is 0 Å². The highest BCUT2D eigenvalue weighted by Crippen LogP contribution is 2.27. The molecule has 0 saturated carbocycles. The standard InChI is InChI=1S/C23H20BrN3.2ClH/c1-27-14-13-26-22(21-7-2-3-8-23(21)27)10-9-18-16-25-12-11-20(18)17-5-4-6-19(24)15-17;;/h2-12,15-16H,13-14H2,1H3;2*1H. The van der Waals surface area contributed by atoms with Crippen molar-refractivity contribution >= 4 is 58.2 Å². The summed E-state index contributed by atoms with van der Waals surface area (Å²) in [4.78, 5) is 11.4. The van der Waals surface area contributed by atoms with Crippen molar-refractivity contribution in [2.24, 2.45) is 4.99 Å². The lowest BCUT2D eigenvalue weighted by atomic mass is 10.0. The number of pyridine rings is 1. The summed E-state index contributed by atoms with van der Waals surface area (Å²) in [5.41, 5.74) is 6.79. The number of allylic oxidation sites excluding steroid dienone is 1. The summed E-state index contributed by atoms with van der Waals surface area (Å²) in [6.45, 7) is 1.71. The van der Waals surface area contributed by atoms with Crippen molar-refractivity contribution in [1.29, 1.82) is 0 Å². The third kappa shape index (κ3) is 5.27. The summed E-state index contributed by atoms with van der Waals surface area (Å²) in [7, 11) is 2.12. The van der Waals surface area contributed by atoms with Crippen LogP contribution in [0.5, 0.6) is 0 Å². The van der Waals surface area contributed by atoms with Gasteiger partial charge in [-0.25, -0.2) is 0 Å². The van der Waals surface area contributed by atoms with E-state index in [9.17, 15) is 0 Å². The molecule has 0 saturated heterocycles. The average Bonchev–Trinajstić information content (AvgIpc) is 2.86. The van der Waals surface area contributed by atoms with E-state index in [1.54, 1.807) is 0 Å². The van der Waals surface area contributed by atoms with Gasteiger partial charge in [-0.05, 0) is 41.5 Å². The van der Waals surface area contributed by atoms with Crippen molar-refractivity contribution in [2.75, 3.05) is 25.0 Å². The molecule has 2 heterocycles. The minimum Gasteiger partial charge on any atom is -0.372 e. The predicted molar refractivity (Wildman–Crippen MR) is 132 cm³/mol. The molecule has 0 N–H and O–H groups in total. The number of aromatic nitrogens is 1. The summed E-state index contributed by atoms with van der Waals surface area (Å²) in [6.07, 6.45) is 7.96. The Hall–Kier alpha value is -2.14. The van der Waals surface area contributed by atoms with E-state index in [2.05, 4.69) is 93.5 Å². The lowest BCUT2D eigenvalue weighted by Crippen LogP contribution is -2.20. The number of benzodiazepines with no additional fused rings is 1. The van der Waals surface area contributed by atoms with Gasteiger partial charge < -0.3 is 4.90 Å². The average molecular weight is 491 g/mol. The Kier molecular flexibility index (Phi) is 8.45. The van der Waals surface area contributed by atoms with Gasteiger partial charge in [0, 0.05) is 47.3 Å². The van der Waals surface area contributed by atoms with Gasteiger partial charge in [0.25, 0.3) is 0 Å². The zero-order valence-corrected chi connectivity index (χ0v) is 19.2. The van der Waals surface area contributed by atoms with Crippen LogP contribution in [0.25, 0.3) is 17.2 Å². The highest BCUT2D eigenvalue weighted by Gasteiger charge is 2.14. The molecule has 1 aliphatic heterocycles. The molecule has 0 fully saturated rings. The number of nitrogens with zero attached hydrogens (tertiary/aromatic N) is 3. The first-order chi connectivity index (χ1) is 13.2. The van der Waals surface area contributed by atoms with Crippen LogP contribution in [0, 0.1) is 0 Å². The maximum absolute atomic E-state index is 4.81. The number of benzene rings is 2. The summed E-state index contributed by atoms with van der Waals surface area (Å²) >= 11 is 3.56. The first kappa shape index (κ1) is 23.1. The van der Waals surface area contributed by atoms with Gasteiger partial charge >= 0.3 is 0 Å². The van der Waals surface area contributed by atoms with Crippen LogP contribution >= 0.6 is 40.7 Å². The van der Waals surface area contributed by atoms with Gasteiger partial charge in [0.05, 0.1) is 12.3 Å². The second kappa shape index (κ2) is 10.6. The van der Waals surface area contributed by atoms with E-state index in [-0.39, 0.29) is 24.8 Å². The third-order valence-electron chi connectivity index (χ3n) is 4.72. The van der Waals surface area contributed by atoms with Gasteiger partial charge in [-0.1, -0.05) is 52.3 Å². The Balaban J connectivity index is 0.00000150. The molecule has 4 rings (SSSR count). The number of halogens is 3. The fraction of sp³-hybridized carbons (Fsp3) is 0.130. The first-order valence-corrected chi connectivity index (χ1v) is 9.75. The van der Waals surface area contributed by atoms with Crippen molar-refractivity contribution in [2.45, 2.75) is 0 Å². The molecule has 0 spiro atoms. The molecule has 0 radical (unpaired) electrons. The summed E-state index contributed by atoms with van der Waals surface area (Å²) in [6, 6.07) is 18.8. The van der Waals surface area contributed by atoms with Gasteiger partial charge in [0.2, 0.25) is 0 Å². The lowest BCUT2D eigenvalue weighted by molar-refractivity contribution is 0.897. The molecule has 1 aliphatic rings. The minimum atomic E-state index is 0. The molecular weight excluding hydrogens is 469 g/mol. The largest absolute Gasteiger partial charge is 0.372 e. The molecule has 3 nitrogen and oxygen atoms in total. The van der Waals surface area contributed by atoms with E-state index in [4.69, 9.17) is 4.99 Å². The van der Waals surface area contributed by atoms with Crippen LogP contribution in [0.1, 0.15) is 11.1 Å². The van der Waals surface area contributed by atoms with Gasteiger partial charge in [0.15, 0.2) is 0 Å². The maximum Gasteiger partial charge on any atom is 0.0668 e. The zero-order valence-electron chi connectivity index (χ0n) is 16.0. The quantitative estimate of drug-likeness (QED) is 0.430. The Morgan fingerprint density at radius 1 is 0.966 bits per heavy atom. The van der Waals surface area contributed by atoms with Gasteiger partial charge in [-0.2, -0.15) is 0 Å². The smallest absolute Gasteiger partial charge is 0.0668 e. The molecule has 3 aromatic rings. The van der Waals surface area contributed by atoms with E-state index in [0.29, 0.717) is 0 Å².